The zero-order valence-electron chi connectivity index (χ0n) is 10.2. The van der Waals surface area contributed by atoms with Crippen LogP contribution in [0.25, 0.3) is 0 Å². The SMILES string of the molecule is O=C(CCc1cccnc1)OC1=C(F)CCC=C1F. The predicted molar refractivity (Wildman–Crippen MR) is 65.2 cm³/mol. The molecule has 0 aliphatic heterocycles. The zero-order valence-corrected chi connectivity index (χ0v) is 10.2. The van der Waals surface area contributed by atoms with Crippen molar-refractivity contribution in [2.45, 2.75) is 25.7 Å². The smallest absolute Gasteiger partial charge is 0.311 e. The van der Waals surface area contributed by atoms with Crippen molar-refractivity contribution in [3.63, 3.8) is 0 Å². The van der Waals surface area contributed by atoms with Gasteiger partial charge in [-0.3, -0.25) is 9.78 Å². The maximum absolute atomic E-state index is 13.3. The van der Waals surface area contributed by atoms with E-state index in [1.807, 2.05) is 6.07 Å². The van der Waals surface area contributed by atoms with E-state index >= 15 is 0 Å². The van der Waals surface area contributed by atoms with E-state index in [2.05, 4.69) is 4.98 Å². The first kappa shape index (κ1) is 13.4. The lowest BCUT2D eigenvalue weighted by Crippen LogP contribution is -2.09. The molecule has 0 amide bonds. The molecular weight excluding hydrogens is 252 g/mol. The van der Waals surface area contributed by atoms with Gasteiger partial charge in [0.05, 0.1) is 6.42 Å². The number of hydrogen-bond acceptors (Lipinski definition) is 3. The lowest BCUT2D eigenvalue weighted by atomic mass is 10.1. The highest BCUT2D eigenvalue weighted by Crippen LogP contribution is 2.28. The lowest BCUT2D eigenvalue weighted by molar-refractivity contribution is -0.139. The molecule has 0 spiro atoms. The third kappa shape index (κ3) is 3.71. The molecule has 2 rings (SSSR count). The number of aryl methyl sites for hydroxylation is 1. The van der Waals surface area contributed by atoms with Gasteiger partial charge in [0.2, 0.25) is 0 Å². The predicted octanol–water partition coefficient (Wildman–Crippen LogP) is 3.39. The fourth-order valence-electron chi connectivity index (χ4n) is 1.72. The van der Waals surface area contributed by atoms with Crippen LogP contribution in [0.1, 0.15) is 24.8 Å². The van der Waals surface area contributed by atoms with Gasteiger partial charge in [-0.2, -0.15) is 0 Å². The van der Waals surface area contributed by atoms with Gasteiger partial charge in [-0.1, -0.05) is 6.07 Å². The molecule has 0 atom stereocenters. The first-order valence-electron chi connectivity index (χ1n) is 6.01. The van der Waals surface area contributed by atoms with Crippen LogP contribution in [-0.2, 0) is 16.0 Å². The molecule has 0 unspecified atom stereocenters. The number of hydrogen-bond donors (Lipinski definition) is 0. The number of carbonyl (C=O) groups is 1. The van der Waals surface area contributed by atoms with E-state index in [0.717, 1.165) is 5.56 Å². The molecule has 5 heteroatoms. The van der Waals surface area contributed by atoms with Crippen LogP contribution in [0.2, 0.25) is 0 Å². The Morgan fingerprint density at radius 2 is 2.26 bits per heavy atom. The number of allylic oxidation sites excluding steroid dienone is 3. The Labute approximate surface area is 109 Å². The van der Waals surface area contributed by atoms with Crippen LogP contribution in [-0.4, -0.2) is 11.0 Å². The van der Waals surface area contributed by atoms with E-state index in [0.29, 0.717) is 6.42 Å². The number of rotatable bonds is 4. The number of carbonyl (C=O) groups excluding carboxylic acids is 1. The number of pyridine rings is 1. The maximum atomic E-state index is 13.3. The van der Waals surface area contributed by atoms with Gasteiger partial charge in [0.1, 0.15) is 5.83 Å². The van der Waals surface area contributed by atoms with Gasteiger partial charge in [-0.05, 0) is 30.5 Å². The molecule has 0 saturated heterocycles. The minimum Gasteiger partial charge on any atom is -0.421 e. The van der Waals surface area contributed by atoms with Gasteiger partial charge in [-0.15, -0.1) is 0 Å². The quantitative estimate of drug-likeness (QED) is 0.783. The van der Waals surface area contributed by atoms with Crippen LogP contribution in [0.4, 0.5) is 8.78 Å². The minimum atomic E-state index is -0.807. The van der Waals surface area contributed by atoms with Crippen LogP contribution < -0.4 is 0 Å². The molecule has 1 aromatic rings. The summed E-state index contributed by atoms with van der Waals surface area (Å²) >= 11 is 0. The number of aromatic nitrogens is 1. The first-order chi connectivity index (χ1) is 9.16. The number of nitrogens with zero attached hydrogens (tertiary/aromatic N) is 1. The average Bonchev–Trinajstić information content (AvgIpc) is 2.42. The Morgan fingerprint density at radius 1 is 1.42 bits per heavy atom. The highest BCUT2D eigenvalue weighted by molar-refractivity contribution is 5.71. The standard InChI is InChI=1S/C14H13F2NO2/c15-11-4-1-5-12(16)14(11)19-13(18)7-6-10-3-2-8-17-9-10/h2-4,8-9H,1,5-7H2. The van der Waals surface area contributed by atoms with Crippen molar-refractivity contribution in [1.82, 2.24) is 4.98 Å². The van der Waals surface area contributed by atoms with Crippen LogP contribution in [0.5, 0.6) is 0 Å². The highest BCUT2D eigenvalue weighted by atomic mass is 19.1. The Hall–Kier alpha value is -2.04. The van der Waals surface area contributed by atoms with Gasteiger partial charge in [-0.25, -0.2) is 8.78 Å². The Morgan fingerprint density at radius 3 is 2.95 bits per heavy atom. The Balaban J connectivity index is 1.90. The monoisotopic (exact) mass is 265 g/mol. The third-order valence-electron chi connectivity index (χ3n) is 2.71. The van der Waals surface area contributed by atoms with E-state index < -0.39 is 23.4 Å². The second-order valence-corrected chi connectivity index (χ2v) is 4.16. The van der Waals surface area contributed by atoms with Gasteiger partial charge < -0.3 is 4.74 Å². The van der Waals surface area contributed by atoms with E-state index in [1.54, 1.807) is 18.5 Å². The Kier molecular flexibility index (Phi) is 4.39. The second kappa shape index (κ2) is 6.22. The lowest BCUT2D eigenvalue weighted by Gasteiger charge is -2.12. The van der Waals surface area contributed by atoms with Crippen molar-refractivity contribution < 1.29 is 18.3 Å². The second-order valence-electron chi connectivity index (χ2n) is 4.16. The summed E-state index contributed by atoms with van der Waals surface area (Å²) in [6, 6.07) is 3.58. The molecule has 1 aliphatic rings. The molecule has 0 saturated carbocycles. The topological polar surface area (TPSA) is 39.2 Å². The summed E-state index contributed by atoms with van der Waals surface area (Å²) in [5, 5.41) is 0. The van der Waals surface area contributed by atoms with Gasteiger partial charge in [0.15, 0.2) is 11.6 Å². The van der Waals surface area contributed by atoms with Crippen molar-refractivity contribution in [2.24, 2.45) is 0 Å². The minimum absolute atomic E-state index is 0.0513. The highest BCUT2D eigenvalue weighted by Gasteiger charge is 2.20. The van der Waals surface area contributed by atoms with E-state index in [-0.39, 0.29) is 19.3 Å². The van der Waals surface area contributed by atoms with Gasteiger partial charge in [0.25, 0.3) is 0 Å². The van der Waals surface area contributed by atoms with Crippen molar-refractivity contribution in [1.29, 1.82) is 0 Å². The third-order valence-corrected chi connectivity index (χ3v) is 2.71. The molecule has 19 heavy (non-hydrogen) atoms. The van der Waals surface area contributed by atoms with Crippen molar-refractivity contribution in [2.75, 3.05) is 0 Å². The first-order valence-corrected chi connectivity index (χ1v) is 6.01. The molecule has 0 bridgehead atoms. The van der Waals surface area contributed by atoms with E-state index in [1.165, 1.54) is 6.08 Å². The molecule has 0 fully saturated rings. The normalized spacial score (nSPS) is 15.2. The number of esters is 1. The largest absolute Gasteiger partial charge is 0.421 e. The summed E-state index contributed by atoms with van der Waals surface area (Å²) in [5.41, 5.74) is 0.869. The molecule has 1 aliphatic carbocycles. The number of ether oxygens (including phenoxy) is 1. The molecular formula is C14H13F2NO2. The summed E-state index contributed by atoms with van der Waals surface area (Å²) in [5.74, 6) is -2.74. The summed E-state index contributed by atoms with van der Waals surface area (Å²) in [7, 11) is 0. The van der Waals surface area contributed by atoms with Gasteiger partial charge in [0, 0.05) is 18.8 Å². The molecule has 1 heterocycles. The van der Waals surface area contributed by atoms with Crippen LogP contribution >= 0.6 is 0 Å². The Bertz CT molecular complexity index is 524. The zero-order chi connectivity index (χ0) is 13.7. The molecule has 0 N–H and O–H groups in total. The van der Waals surface area contributed by atoms with Crippen LogP contribution in [0, 0.1) is 0 Å². The van der Waals surface area contributed by atoms with Gasteiger partial charge >= 0.3 is 5.97 Å². The van der Waals surface area contributed by atoms with E-state index in [9.17, 15) is 13.6 Å². The van der Waals surface area contributed by atoms with Crippen LogP contribution in [0.3, 0.4) is 0 Å². The van der Waals surface area contributed by atoms with E-state index in [4.69, 9.17) is 4.74 Å². The molecule has 1 aromatic heterocycles. The fraction of sp³-hybridized carbons (Fsp3) is 0.286. The van der Waals surface area contributed by atoms with Crippen LogP contribution in [0.15, 0.2) is 48.0 Å². The summed E-state index contributed by atoms with van der Waals surface area (Å²) in [6.45, 7) is 0. The molecule has 3 nitrogen and oxygen atoms in total. The summed E-state index contributed by atoms with van der Waals surface area (Å²) < 4.78 is 31.4. The average molecular weight is 265 g/mol. The van der Waals surface area contributed by atoms with Crippen molar-refractivity contribution in [3.05, 3.63) is 53.6 Å². The fourth-order valence-corrected chi connectivity index (χ4v) is 1.72. The number of halogens is 2. The van der Waals surface area contributed by atoms with Crippen molar-refractivity contribution >= 4 is 5.97 Å². The molecule has 0 radical (unpaired) electrons. The summed E-state index contributed by atoms with van der Waals surface area (Å²) in [4.78, 5) is 15.5. The van der Waals surface area contributed by atoms with Crippen molar-refractivity contribution in [3.8, 4) is 0 Å². The summed E-state index contributed by atoms with van der Waals surface area (Å²) in [6.07, 6.45) is 5.31. The molecule has 0 aromatic carbocycles. The maximum Gasteiger partial charge on any atom is 0.311 e. The molecule has 100 valence electrons.